The summed E-state index contributed by atoms with van der Waals surface area (Å²) >= 11 is 0. The molecule has 12 heavy (non-hydrogen) atoms. The maximum atomic E-state index is 9.23. The average Bonchev–Trinajstić information content (AvgIpc) is 2.03. The topological polar surface area (TPSA) is 24.7 Å². The highest BCUT2D eigenvalue weighted by atomic mass is 16.3. The van der Waals surface area contributed by atoms with Gasteiger partial charge in [-0.1, -0.05) is 12.1 Å². The van der Waals surface area contributed by atoms with E-state index in [0.717, 1.165) is 0 Å². The van der Waals surface area contributed by atoms with Crippen molar-refractivity contribution in [3.63, 3.8) is 0 Å². The van der Waals surface area contributed by atoms with Crippen molar-refractivity contribution < 1.29 is 10.0 Å². The maximum absolute atomic E-state index is 9.23. The molecular weight excluding hydrogens is 150 g/mol. The Balaban J connectivity index is 2.88. The fourth-order valence-corrected chi connectivity index (χ4v) is 1.13. The van der Waals surface area contributed by atoms with E-state index in [9.17, 15) is 5.11 Å². The van der Waals surface area contributed by atoms with Gasteiger partial charge in [-0.2, -0.15) is 0 Å². The Morgan fingerprint density at radius 1 is 1.33 bits per heavy atom. The van der Waals surface area contributed by atoms with Gasteiger partial charge in [-0.3, -0.25) is 0 Å². The third-order valence-corrected chi connectivity index (χ3v) is 2.24. The summed E-state index contributed by atoms with van der Waals surface area (Å²) in [5, 5.41) is 9.23. The molecule has 0 saturated heterocycles. The Kier molecular flexibility index (Phi) is 2.71. The number of quaternary nitrogens is 1. The van der Waals surface area contributed by atoms with Gasteiger partial charge in [-0.25, -0.2) is 0 Å². The summed E-state index contributed by atoms with van der Waals surface area (Å²) < 4.78 is 0. The minimum atomic E-state index is 0.348. The van der Waals surface area contributed by atoms with E-state index >= 15 is 0 Å². The van der Waals surface area contributed by atoms with Crippen LogP contribution in [0.15, 0.2) is 24.3 Å². The van der Waals surface area contributed by atoms with Gasteiger partial charge in [0.05, 0.1) is 14.1 Å². The van der Waals surface area contributed by atoms with E-state index in [2.05, 4.69) is 21.0 Å². The lowest BCUT2D eigenvalue weighted by Crippen LogP contribution is -3.05. The van der Waals surface area contributed by atoms with E-state index in [0.29, 0.717) is 11.8 Å². The van der Waals surface area contributed by atoms with Crippen LogP contribution in [0.3, 0.4) is 0 Å². The quantitative estimate of drug-likeness (QED) is 0.660. The molecule has 1 aromatic rings. The Hall–Kier alpha value is -1.02. The molecule has 0 saturated carbocycles. The maximum Gasteiger partial charge on any atom is 0.116 e. The normalized spacial score (nSPS) is 13.3. The van der Waals surface area contributed by atoms with Gasteiger partial charge in [0.15, 0.2) is 0 Å². The van der Waals surface area contributed by atoms with Crippen molar-refractivity contribution in [1.82, 2.24) is 0 Å². The van der Waals surface area contributed by atoms with Crippen LogP contribution in [-0.2, 0) is 0 Å². The van der Waals surface area contributed by atoms with Crippen LogP contribution in [0, 0.1) is 0 Å². The van der Waals surface area contributed by atoms with Crippen molar-refractivity contribution in [2.45, 2.75) is 13.0 Å². The molecule has 0 aliphatic rings. The summed E-state index contributed by atoms with van der Waals surface area (Å²) in [4.78, 5) is 1.36. The highest BCUT2D eigenvalue weighted by Crippen LogP contribution is 2.15. The Morgan fingerprint density at radius 2 is 2.00 bits per heavy atom. The van der Waals surface area contributed by atoms with Crippen molar-refractivity contribution in [1.29, 1.82) is 0 Å². The Morgan fingerprint density at radius 3 is 2.50 bits per heavy atom. The second-order valence-corrected chi connectivity index (χ2v) is 3.39. The Bertz CT molecular complexity index is 258. The summed E-state index contributed by atoms with van der Waals surface area (Å²) in [7, 11) is 4.21. The molecule has 0 fully saturated rings. The molecule has 0 unspecified atom stereocenters. The molecule has 2 N–H and O–H groups in total. The summed E-state index contributed by atoms with van der Waals surface area (Å²) in [6, 6.07) is 7.86. The van der Waals surface area contributed by atoms with Gasteiger partial charge in [0.2, 0.25) is 0 Å². The van der Waals surface area contributed by atoms with Crippen LogP contribution >= 0.6 is 0 Å². The third kappa shape index (κ3) is 1.98. The number of phenolic OH excluding ortho intramolecular Hbond substituents is 1. The van der Waals surface area contributed by atoms with Crippen molar-refractivity contribution in [3.05, 3.63) is 29.8 Å². The number of aromatic hydroxyl groups is 1. The first kappa shape index (κ1) is 9.07. The molecule has 1 rings (SSSR count). The molecule has 0 aromatic heterocycles. The zero-order valence-electron chi connectivity index (χ0n) is 7.83. The van der Waals surface area contributed by atoms with Gasteiger partial charge >= 0.3 is 0 Å². The summed E-state index contributed by atoms with van der Waals surface area (Å²) in [6.07, 6.45) is 0. The van der Waals surface area contributed by atoms with Gasteiger partial charge < -0.3 is 10.0 Å². The van der Waals surface area contributed by atoms with Crippen LogP contribution in [0.1, 0.15) is 18.5 Å². The minimum Gasteiger partial charge on any atom is -0.508 e. The van der Waals surface area contributed by atoms with E-state index in [1.807, 2.05) is 18.2 Å². The van der Waals surface area contributed by atoms with E-state index in [1.54, 1.807) is 6.07 Å². The molecule has 0 heterocycles. The van der Waals surface area contributed by atoms with Crippen LogP contribution < -0.4 is 4.90 Å². The van der Waals surface area contributed by atoms with E-state index < -0.39 is 0 Å². The zero-order chi connectivity index (χ0) is 9.14. The fraction of sp³-hybridized carbons (Fsp3) is 0.400. The van der Waals surface area contributed by atoms with Crippen LogP contribution in [0.5, 0.6) is 5.75 Å². The lowest BCUT2D eigenvalue weighted by atomic mass is 10.1. The second-order valence-electron chi connectivity index (χ2n) is 3.39. The molecule has 0 radical (unpaired) electrons. The number of rotatable bonds is 2. The standard InChI is InChI=1S/C10H15NO/c1-8(11(2)3)9-5-4-6-10(12)7-9/h4-8,12H,1-3H3/p+1/t8-/m0/s1. The number of phenols is 1. The molecule has 1 atom stereocenters. The number of benzene rings is 1. The predicted molar refractivity (Wildman–Crippen MR) is 49.3 cm³/mol. The molecule has 2 heteroatoms. The second kappa shape index (κ2) is 3.59. The zero-order valence-corrected chi connectivity index (χ0v) is 7.83. The highest BCUT2D eigenvalue weighted by Gasteiger charge is 2.10. The average molecular weight is 166 g/mol. The molecule has 0 spiro atoms. The van der Waals surface area contributed by atoms with E-state index in [-0.39, 0.29) is 0 Å². The third-order valence-electron chi connectivity index (χ3n) is 2.24. The van der Waals surface area contributed by atoms with Crippen molar-refractivity contribution in [3.8, 4) is 5.75 Å². The van der Waals surface area contributed by atoms with Gasteiger partial charge in [0.25, 0.3) is 0 Å². The summed E-state index contributed by atoms with van der Waals surface area (Å²) in [6.45, 7) is 2.14. The van der Waals surface area contributed by atoms with E-state index in [1.165, 1.54) is 10.5 Å². The first-order valence-corrected chi connectivity index (χ1v) is 4.20. The fourth-order valence-electron chi connectivity index (χ4n) is 1.13. The molecule has 2 nitrogen and oxygen atoms in total. The number of nitrogens with one attached hydrogen (secondary N) is 1. The molecule has 0 bridgehead atoms. The molecule has 1 aromatic carbocycles. The van der Waals surface area contributed by atoms with Crippen molar-refractivity contribution >= 4 is 0 Å². The van der Waals surface area contributed by atoms with Crippen LogP contribution in [-0.4, -0.2) is 19.2 Å². The number of hydrogen-bond donors (Lipinski definition) is 2. The molecular formula is C10H16NO+. The molecule has 0 aliphatic heterocycles. The smallest absolute Gasteiger partial charge is 0.116 e. The number of hydrogen-bond acceptors (Lipinski definition) is 1. The van der Waals surface area contributed by atoms with Crippen LogP contribution in [0.25, 0.3) is 0 Å². The molecule has 0 amide bonds. The lowest BCUT2D eigenvalue weighted by molar-refractivity contribution is -0.890. The Labute approximate surface area is 73.4 Å². The first-order chi connectivity index (χ1) is 5.61. The first-order valence-electron chi connectivity index (χ1n) is 4.20. The van der Waals surface area contributed by atoms with Gasteiger partial charge in [-0.05, 0) is 19.1 Å². The summed E-state index contributed by atoms with van der Waals surface area (Å²) in [5.41, 5.74) is 1.18. The van der Waals surface area contributed by atoms with Crippen molar-refractivity contribution in [2.75, 3.05) is 14.1 Å². The van der Waals surface area contributed by atoms with Crippen LogP contribution in [0.4, 0.5) is 0 Å². The summed E-state index contributed by atoms with van der Waals surface area (Å²) in [5.74, 6) is 0.348. The van der Waals surface area contributed by atoms with Gasteiger partial charge in [0.1, 0.15) is 11.8 Å². The molecule has 66 valence electrons. The van der Waals surface area contributed by atoms with E-state index in [4.69, 9.17) is 0 Å². The highest BCUT2D eigenvalue weighted by molar-refractivity contribution is 5.28. The van der Waals surface area contributed by atoms with Gasteiger partial charge in [0, 0.05) is 5.56 Å². The van der Waals surface area contributed by atoms with Gasteiger partial charge in [-0.15, -0.1) is 0 Å². The monoisotopic (exact) mass is 166 g/mol. The lowest BCUT2D eigenvalue weighted by Gasteiger charge is -2.16. The van der Waals surface area contributed by atoms with Crippen molar-refractivity contribution in [2.24, 2.45) is 0 Å². The predicted octanol–water partition coefficient (Wildman–Crippen LogP) is 0.598. The minimum absolute atomic E-state index is 0.348. The molecule has 0 aliphatic carbocycles. The SMILES string of the molecule is C[C@@H](c1cccc(O)c1)[NH+](C)C. The largest absolute Gasteiger partial charge is 0.508 e. The van der Waals surface area contributed by atoms with Crippen LogP contribution in [0.2, 0.25) is 0 Å².